The van der Waals surface area contributed by atoms with E-state index in [0.29, 0.717) is 0 Å². The molecule has 0 bridgehead atoms. The topological polar surface area (TPSA) is 25.8 Å². The molecule has 0 aliphatic heterocycles. The van der Waals surface area contributed by atoms with E-state index in [4.69, 9.17) is 9.97 Å². The first-order chi connectivity index (χ1) is 22.6. The van der Waals surface area contributed by atoms with Crippen molar-refractivity contribution in [3.63, 3.8) is 0 Å². The molecule has 0 unspecified atom stereocenters. The van der Waals surface area contributed by atoms with Gasteiger partial charge in [0.05, 0.1) is 11.4 Å². The SMILES string of the molecule is CC1(C)c2ccccc2-c2cccc(-c3nc(-c4ccccc4-c4ccccc4)cc(-c4cccc5c4sc4ccccc45)n3)c21. The lowest BCUT2D eigenvalue weighted by Gasteiger charge is -2.24. The van der Waals surface area contributed by atoms with Gasteiger partial charge in [-0.2, -0.15) is 0 Å². The van der Waals surface area contributed by atoms with E-state index in [1.165, 1.54) is 48.0 Å². The highest BCUT2D eigenvalue weighted by Gasteiger charge is 2.38. The first kappa shape index (κ1) is 27.0. The fraction of sp³-hybridized carbons (Fsp3) is 0.0698. The van der Waals surface area contributed by atoms with Gasteiger partial charge >= 0.3 is 0 Å². The lowest BCUT2D eigenvalue weighted by molar-refractivity contribution is 0.661. The Kier molecular flexibility index (Phi) is 6.06. The van der Waals surface area contributed by atoms with Crippen LogP contribution in [0.4, 0.5) is 0 Å². The second-order valence-electron chi connectivity index (χ2n) is 12.6. The van der Waals surface area contributed by atoms with Crippen molar-refractivity contribution < 1.29 is 0 Å². The van der Waals surface area contributed by atoms with Gasteiger partial charge < -0.3 is 0 Å². The van der Waals surface area contributed by atoms with Gasteiger partial charge in [-0.25, -0.2) is 9.97 Å². The number of fused-ring (bicyclic) bond motifs is 6. The molecule has 0 saturated heterocycles. The fourth-order valence-electron chi connectivity index (χ4n) is 7.40. The molecule has 3 heteroatoms. The molecule has 0 spiro atoms. The molecule has 0 N–H and O–H groups in total. The first-order valence-corrected chi connectivity index (χ1v) is 16.6. The molecule has 1 aliphatic carbocycles. The van der Waals surface area contributed by atoms with Gasteiger partial charge in [0, 0.05) is 42.3 Å². The Morgan fingerprint density at radius 2 is 1.07 bits per heavy atom. The van der Waals surface area contributed by atoms with Crippen LogP contribution in [0.5, 0.6) is 0 Å². The van der Waals surface area contributed by atoms with Crippen LogP contribution in [-0.4, -0.2) is 9.97 Å². The Morgan fingerprint density at radius 1 is 0.478 bits per heavy atom. The van der Waals surface area contributed by atoms with Crippen LogP contribution < -0.4 is 0 Å². The second-order valence-corrected chi connectivity index (χ2v) is 13.6. The zero-order chi connectivity index (χ0) is 30.8. The van der Waals surface area contributed by atoms with Gasteiger partial charge in [0.15, 0.2) is 5.82 Å². The minimum Gasteiger partial charge on any atom is -0.228 e. The standard InChI is InChI=1S/C43H30N2S/c1-43(2)36-24-10-8-17-29(36)32-20-12-23-35(40(32)43)42-44-37(30-18-7-6-16-28(30)27-14-4-3-5-15-27)26-38(45-42)34-22-13-21-33-31-19-9-11-25-39(31)46-41(33)34/h3-26H,1-2H3. The molecule has 0 radical (unpaired) electrons. The van der Waals surface area contributed by atoms with Crippen molar-refractivity contribution in [3.05, 3.63) is 157 Å². The molecule has 0 amide bonds. The maximum Gasteiger partial charge on any atom is 0.160 e. The molecule has 0 fully saturated rings. The predicted octanol–water partition coefficient (Wildman–Crippen LogP) is 11.8. The summed E-state index contributed by atoms with van der Waals surface area (Å²) in [6.45, 7) is 4.66. The van der Waals surface area contributed by atoms with Crippen molar-refractivity contribution in [2.45, 2.75) is 19.3 Å². The van der Waals surface area contributed by atoms with Crippen molar-refractivity contribution in [3.8, 4) is 56.2 Å². The Labute approximate surface area is 272 Å². The van der Waals surface area contributed by atoms with E-state index in [1.807, 2.05) is 11.3 Å². The molecule has 218 valence electrons. The third-order valence-electron chi connectivity index (χ3n) is 9.52. The van der Waals surface area contributed by atoms with Gasteiger partial charge in [-0.1, -0.05) is 147 Å². The minimum absolute atomic E-state index is 0.185. The molecule has 0 saturated carbocycles. The number of nitrogens with zero attached hydrogens (tertiary/aromatic N) is 2. The number of hydrogen-bond acceptors (Lipinski definition) is 3. The van der Waals surface area contributed by atoms with Gasteiger partial charge in [-0.3, -0.25) is 0 Å². The number of rotatable bonds is 4. The van der Waals surface area contributed by atoms with Gasteiger partial charge in [-0.15, -0.1) is 11.3 Å². The summed E-state index contributed by atoms with van der Waals surface area (Å²) in [5, 5.41) is 2.55. The summed E-state index contributed by atoms with van der Waals surface area (Å²) in [6, 6.07) is 52.1. The summed E-state index contributed by atoms with van der Waals surface area (Å²) < 4.78 is 2.54. The molecule has 1 aliphatic rings. The molecule has 9 rings (SSSR count). The second kappa shape index (κ2) is 10.3. The van der Waals surface area contributed by atoms with Crippen LogP contribution >= 0.6 is 11.3 Å². The zero-order valence-electron chi connectivity index (χ0n) is 25.7. The van der Waals surface area contributed by atoms with E-state index >= 15 is 0 Å². The van der Waals surface area contributed by atoms with Crippen LogP contribution in [0.25, 0.3) is 76.3 Å². The van der Waals surface area contributed by atoms with Crippen molar-refractivity contribution >= 4 is 31.5 Å². The van der Waals surface area contributed by atoms with Crippen molar-refractivity contribution in [1.82, 2.24) is 9.97 Å². The summed E-state index contributed by atoms with van der Waals surface area (Å²) in [6.07, 6.45) is 0. The molecule has 6 aromatic carbocycles. The molecular weight excluding hydrogens is 577 g/mol. The van der Waals surface area contributed by atoms with E-state index in [2.05, 4.69) is 159 Å². The summed E-state index contributed by atoms with van der Waals surface area (Å²) in [5.41, 5.74) is 12.5. The van der Waals surface area contributed by atoms with Crippen LogP contribution in [0, 0.1) is 0 Å². The Bertz CT molecular complexity index is 2450. The fourth-order valence-corrected chi connectivity index (χ4v) is 8.63. The maximum atomic E-state index is 5.42. The lowest BCUT2D eigenvalue weighted by Crippen LogP contribution is -2.16. The lowest BCUT2D eigenvalue weighted by atomic mass is 9.80. The smallest absolute Gasteiger partial charge is 0.160 e. The number of hydrogen-bond donors (Lipinski definition) is 0. The summed E-state index contributed by atoms with van der Waals surface area (Å²) in [4.78, 5) is 10.8. The first-order valence-electron chi connectivity index (χ1n) is 15.8. The highest BCUT2D eigenvalue weighted by molar-refractivity contribution is 7.26. The average Bonchev–Trinajstić information content (AvgIpc) is 3.61. The van der Waals surface area contributed by atoms with Crippen LogP contribution in [0.3, 0.4) is 0 Å². The van der Waals surface area contributed by atoms with Gasteiger partial charge in [0.25, 0.3) is 0 Å². The Balaban J connectivity index is 1.34. The molecule has 46 heavy (non-hydrogen) atoms. The average molecular weight is 607 g/mol. The summed E-state index contributed by atoms with van der Waals surface area (Å²) in [5.74, 6) is 0.756. The number of aromatic nitrogens is 2. The molecule has 8 aromatic rings. The quantitative estimate of drug-likeness (QED) is 0.199. The molecule has 2 nitrogen and oxygen atoms in total. The normalized spacial score (nSPS) is 13.2. The van der Waals surface area contributed by atoms with Crippen molar-refractivity contribution in [2.24, 2.45) is 0 Å². The minimum atomic E-state index is -0.185. The third kappa shape index (κ3) is 4.09. The van der Waals surface area contributed by atoms with Gasteiger partial charge in [0.1, 0.15) is 0 Å². The highest BCUT2D eigenvalue weighted by Crippen LogP contribution is 2.52. The van der Waals surface area contributed by atoms with E-state index in [9.17, 15) is 0 Å². The molecule has 2 heterocycles. The number of thiophene rings is 1. The third-order valence-corrected chi connectivity index (χ3v) is 10.7. The van der Waals surface area contributed by atoms with Crippen molar-refractivity contribution in [2.75, 3.05) is 0 Å². The molecule has 0 atom stereocenters. The largest absolute Gasteiger partial charge is 0.228 e. The monoisotopic (exact) mass is 606 g/mol. The zero-order valence-corrected chi connectivity index (χ0v) is 26.5. The summed E-state index contributed by atoms with van der Waals surface area (Å²) in [7, 11) is 0. The van der Waals surface area contributed by atoms with E-state index in [0.717, 1.165) is 39.5 Å². The van der Waals surface area contributed by atoms with E-state index < -0.39 is 0 Å². The van der Waals surface area contributed by atoms with Crippen LogP contribution in [0.1, 0.15) is 25.0 Å². The predicted molar refractivity (Wildman–Crippen MR) is 194 cm³/mol. The Morgan fingerprint density at radius 3 is 1.91 bits per heavy atom. The summed E-state index contributed by atoms with van der Waals surface area (Å²) >= 11 is 1.84. The van der Waals surface area contributed by atoms with Crippen LogP contribution in [0.2, 0.25) is 0 Å². The van der Waals surface area contributed by atoms with Crippen molar-refractivity contribution in [1.29, 1.82) is 0 Å². The highest BCUT2D eigenvalue weighted by atomic mass is 32.1. The van der Waals surface area contributed by atoms with Crippen LogP contribution in [0.15, 0.2) is 146 Å². The Hall–Kier alpha value is -5.38. The maximum absolute atomic E-state index is 5.42. The van der Waals surface area contributed by atoms with Gasteiger partial charge in [0.2, 0.25) is 0 Å². The van der Waals surface area contributed by atoms with E-state index in [-0.39, 0.29) is 5.41 Å². The number of benzene rings is 6. The van der Waals surface area contributed by atoms with Crippen LogP contribution in [-0.2, 0) is 5.41 Å². The molecular formula is C43H30N2S. The van der Waals surface area contributed by atoms with E-state index in [1.54, 1.807) is 0 Å². The van der Waals surface area contributed by atoms with Gasteiger partial charge in [-0.05, 0) is 45.5 Å². The molecule has 2 aromatic heterocycles.